The van der Waals surface area contributed by atoms with Gasteiger partial charge in [0.2, 0.25) is 0 Å². The van der Waals surface area contributed by atoms with Crippen LogP contribution in [0.3, 0.4) is 0 Å². The molecule has 0 saturated carbocycles. The second-order valence-corrected chi connectivity index (χ2v) is 5.72. The first-order chi connectivity index (χ1) is 6.61. The Morgan fingerprint density at radius 3 is 2.71 bits per heavy atom. The van der Waals surface area contributed by atoms with Crippen molar-refractivity contribution in [1.82, 2.24) is 0 Å². The fourth-order valence-electron chi connectivity index (χ4n) is 1.37. The van der Waals surface area contributed by atoms with Crippen LogP contribution in [-0.4, -0.2) is 17.2 Å². The summed E-state index contributed by atoms with van der Waals surface area (Å²) in [4.78, 5) is 0. The second kappa shape index (κ2) is 3.69. The summed E-state index contributed by atoms with van der Waals surface area (Å²) in [6.07, 6.45) is 0. The number of hydrogen-bond acceptors (Lipinski definition) is 4. The van der Waals surface area contributed by atoms with E-state index in [-0.39, 0.29) is 0 Å². The van der Waals surface area contributed by atoms with Crippen LogP contribution in [0.25, 0.3) is 10.1 Å². The molecule has 4 N–H and O–H groups in total. The van der Waals surface area contributed by atoms with Gasteiger partial charge in [0, 0.05) is 11.2 Å². The number of nitrogen functional groups attached to an aromatic ring is 1. The van der Waals surface area contributed by atoms with Crippen LogP contribution in [0.1, 0.15) is 0 Å². The van der Waals surface area contributed by atoms with E-state index in [2.05, 4.69) is 22.6 Å². The van der Waals surface area contributed by atoms with Crippen LogP contribution in [0, 0.1) is 2.88 Å². The highest BCUT2D eigenvalue weighted by molar-refractivity contribution is 14.1. The molecule has 0 unspecified atom stereocenters. The first-order valence-electron chi connectivity index (χ1n) is 3.93. The smallest absolute Gasteiger partial charge is 0.423 e. The van der Waals surface area contributed by atoms with E-state index in [1.807, 2.05) is 18.2 Å². The molecule has 2 rings (SSSR count). The first kappa shape index (κ1) is 10.2. The van der Waals surface area contributed by atoms with Gasteiger partial charge in [-0.1, -0.05) is 12.1 Å². The van der Waals surface area contributed by atoms with E-state index in [1.165, 1.54) is 11.3 Å². The SMILES string of the molecule is Nc1cccc2c(B(O)O)c(I)sc12. The summed E-state index contributed by atoms with van der Waals surface area (Å²) >= 11 is 3.56. The van der Waals surface area contributed by atoms with E-state index in [1.54, 1.807) is 0 Å². The maximum absolute atomic E-state index is 9.20. The highest BCUT2D eigenvalue weighted by atomic mass is 127. The minimum Gasteiger partial charge on any atom is -0.423 e. The van der Waals surface area contributed by atoms with E-state index in [0.29, 0.717) is 11.2 Å². The average Bonchev–Trinajstić information content (AvgIpc) is 2.42. The van der Waals surface area contributed by atoms with E-state index >= 15 is 0 Å². The zero-order valence-corrected chi connectivity index (χ0v) is 10.0. The summed E-state index contributed by atoms with van der Waals surface area (Å²) in [7, 11) is -1.43. The summed E-state index contributed by atoms with van der Waals surface area (Å²) in [5.41, 5.74) is 7.01. The molecule has 3 nitrogen and oxygen atoms in total. The molecule has 0 spiro atoms. The van der Waals surface area contributed by atoms with Gasteiger partial charge < -0.3 is 15.8 Å². The Balaban J connectivity index is 2.83. The molecule has 14 heavy (non-hydrogen) atoms. The number of anilines is 1. The monoisotopic (exact) mass is 319 g/mol. The normalized spacial score (nSPS) is 10.8. The number of nitrogens with two attached hydrogens (primary N) is 1. The third-order valence-corrected chi connectivity index (χ3v) is 4.30. The van der Waals surface area contributed by atoms with Crippen LogP contribution in [0.4, 0.5) is 5.69 Å². The van der Waals surface area contributed by atoms with Crippen LogP contribution in [0.5, 0.6) is 0 Å². The molecular formula is C8H7BINO2S. The highest BCUT2D eigenvalue weighted by Gasteiger charge is 2.21. The lowest BCUT2D eigenvalue weighted by Crippen LogP contribution is -2.30. The standard InChI is InChI=1S/C8H7BINO2S/c10-8-6(9(12)13)4-2-1-3-5(11)7(4)14-8/h1-3,12-13H,11H2. The van der Waals surface area contributed by atoms with E-state index in [9.17, 15) is 10.0 Å². The molecule has 0 atom stereocenters. The molecule has 0 aliphatic heterocycles. The molecule has 6 heteroatoms. The number of thiophene rings is 1. The van der Waals surface area contributed by atoms with Crippen molar-refractivity contribution in [2.75, 3.05) is 5.73 Å². The van der Waals surface area contributed by atoms with Crippen LogP contribution in [0.2, 0.25) is 0 Å². The van der Waals surface area contributed by atoms with Crippen molar-refractivity contribution >= 4 is 62.3 Å². The van der Waals surface area contributed by atoms with Gasteiger partial charge in [-0.2, -0.15) is 0 Å². The lowest BCUT2D eigenvalue weighted by atomic mass is 9.80. The quantitative estimate of drug-likeness (QED) is 0.413. The Hall–Kier alpha value is -0.305. The number of halogens is 1. The average molecular weight is 319 g/mol. The molecular weight excluding hydrogens is 312 g/mol. The van der Waals surface area contributed by atoms with Crippen molar-refractivity contribution in [3.63, 3.8) is 0 Å². The predicted octanol–water partition coefficient (Wildman–Crippen LogP) is 0.768. The first-order valence-corrected chi connectivity index (χ1v) is 5.83. The maximum Gasteiger partial charge on any atom is 0.491 e. The van der Waals surface area contributed by atoms with Crippen LogP contribution in [0.15, 0.2) is 18.2 Å². The molecule has 72 valence electrons. The van der Waals surface area contributed by atoms with Crippen molar-refractivity contribution < 1.29 is 10.0 Å². The third kappa shape index (κ3) is 1.52. The van der Waals surface area contributed by atoms with Gasteiger partial charge in [0.25, 0.3) is 0 Å². The Bertz CT molecular complexity index is 485. The largest absolute Gasteiger partial charge is 0.491 e. The molecule has 0 fully saturated rings. The van der Waals surface area contributed by atoms with Crippen molar-refractivity contribution in [1.29, 1.82) is 0 Å². The highest BCUT2D eigenvalue weighted by Crippen LogP contribution is 2.29. The number of rotatable bonds is 1. The van der Waals surface area contributed by atoms with E-state index < -0.39 is 7.12 Å². The molecule has 1 aromatic heterocycles. The van der Waals surface area contributed by atoms with Crippen LogP contribution >= 0.6 is 33.9 Å². The van der Waals surface area contributed by atoms with Gasteiger partial charge in [0.05, 0.1) is 7.58 Å². The summed E-state index contributed by atoms with van der Waals surface area (Å²) in [5, 5.41) is 19.2. The van der Waals surface area contributed by atoms with Crippen molar-refractivity contribution in [2.45, 2.75) is 0 Å². The molecule has 1 aromatic carbocycles. The van der Waals surface area contributed by atoms with E-state index in [4.69, 9.17) is 5.73 Å². The molecule has 0 aliphatic rings. The molecule has 0 radical (unpaired) electrons. The maximum atomic E-state index is 9.20. The molecule has 0 saturated heterocycles. The summed E-state index contributed by atoms with van der Waals surface area (Å²) in [5.74, 6) is 0. The minimum atomic E-state index is -1.43. The molecule has 0 aliphatic carbocycles. The minimum absolute atomic E-state index is 0.554. The van der Waals surface area contributed by atoms with Gasteiger partial charge in [-0.25, -0.2) is 0 Å². The number of fused-ring (bicyclic) bond motifs is 1. The zero-order valence-electron chi connectivity index (χ0n) is 7.07. The summed E-state index contributed by atoms with van der Waals surface area (Å²) < 4.78 is 1.78. The van der Waals surface area contributed by atoms with Crippen molar-refractivity contribution in [2.24, 2.45) is 0 Å². The van der Waals surface area contributed by atoms with Gasteiger partial charge in [-0.15, -0.1) is 11.3 Å². The molecule has 0 amide bonds. The lowest BCUT2D eigenvalue weighted by Gasteiger charge is -1.98. The Labute approximate surface area is 98.8 Å². The van der Waals surface area contributed by atoms with Gasteiger partial charge in [0.15, 0.2) is 0 Å². The fourth-order valence-corrected chi connectivity index (χ4v) is 3.58. The van der Waals surface area contributed by atoms with Gasteiger partial charge in [-0.05, 0) is 34.0 Å². The van der Waals surface area contributed by atoms with Gasteiger partial charge >= 0.3 is 7.12 Å². The third-order valence-electron chi connectivity index (χ3n) is 2.00. The Kier molecular flexibility index (Phi) is 2.69. The fraction of sp³-hybridized carbons (Fsp3) is 0. The lowest BCUT2D eigenvalue weighted by molar-refractivity contribution is 0.426. The number of benzene rings is 1. The topological polar surface area (TPSA) is 66.5 Å². The van der Waals surface area contributed by atoms with Crippen LogP contribution < -0.4 is 11.2 Å². The molecule has 0 bridgehead atoms. The number of hydrogen-bond donors (Lipinski definition) is 3. The Morgan fingerprint density at radius 1 is 1.36 bits per heavy atom. The predicted molar refractivity (Wildman–Crippen MR) is 68.8 cm³/mol. The molecule has 2 aromatic rings. The summed E-state index contributed by atoms with van der Waals surface area (Å²) in [6.45, 7) is 0. The van der Waals surface area contributed by atoms with Crippen molar-refractivity contribution in [3.8, 4) is 0 Å². The second-order valence-electron chi connectivity index (χ2n) is 2.89. The Morgan fingerprint density at radius 2 is 2.07 bits per heavy atom. The van der Waals surface area contributed by atoms with E-state index in [0.717, 1.165) is 13.0 Å². The van der Waals surface area contributed by atoms with Gasteiger partial charge in [0.1, 0.15) is 0 Å². The zero-order chi connectivity index (χ0) is 10.3. The van der Waals surface area contributed by atoms with Gasteiger partial charge in [-0.3, -0.25) is 0 Å². The van der Waals surface area contributed by atoms with Crippen LogP contribution in [-0.2, 0) is 0 Å². The molecule has 1 heterocycles. The van der Waals surface area contributed by atoms with Crippen molar-refractivity contribution in [3.05, 3.63) is 21.1 Å². The summed E-state index contributed by atoms with van der Waals surface area (Å²) in [6, 6.07) is 5.47.